The summed E-state index contributed by atoms with van der Waals surface area (Å²) in [4.78, 5) is 20.3. The lowest BCUT2D eigenvalue weighted by atomic mass is 9.97. The zero-order valence-corrected chi connectivity index (χ0v) is 12.4. The van der Waals surface area contributed by atoms with E-state index in [2.05, 4.69) is 9.88 Å². The number of aromatic nitrogens is 1. The van der Waals surface area contributed by atoms with Gasteiger partial charge >= 0.3 is 0 Å². The van der Waals surface area contributed by atoms with E-state index in [4.69, 9.17) is 0 Å². The first kappa shape index (κ1) is 14.3. The van der Waals surface area contributed by atoms with Gasteiger partial charge in [0.25, 0.3) is 0 Å². The van der Waals surface area contributed by atoms with Crippen LogP contribution in [0.4, 0.5) is 5.69 Å². The van der Waals surface area contributed by atoms with Crippen LogP contribution in [0.15, 0.2) is 18.3 Å². The van der Waals surface area contributed by atoms with Crippen LogP contribution < -0.4 is 4.90 Å². The average Bonchev–Trinajstić information content (AvgIpc) is 2.93. The number of hydrogen-bond acceptors (Lipinski definition) is 4. The number of piperidine rings is 1. The SMILES string of the molecule is O=C1CCCN1CC1CCCN(c2ccnc(CO)c2)C1. The highest BCUT2D eigenvalue weighted by molar-refractivity contribution is 5.78. The van der Waals surface area contributed by atoms with Crippen LogP contribution in [0.3, 0.4) is 0 Å². The van der Waals surface area contributed by atoms with Gasteiger partial charge in [-0.2, -0.15) is 0 Å². The summed E-state index contributed by atoms with van der Waals surface area (Å²) in [5, 5.41) is 9.21. The molecule has 0 aliphatic carbocycles. The molecule has 21 heavy (non-hydrogen) atoms. The van der Waals surface area contributed by atoms with Crippen molar-refractivity contribution >= 4 is 11.6 Å². The molecule has 0 saturated carbocycles. The summed E-state index contributed by atoms with van der Waals surface area (Å²) >= 11 is 0. The molecule has 2 aliphatic rings. The maximum Gasteiger partial charge on any atom is 0.222 e. The Labute approximate surface area is 125 Å². The van der Waals surface area contributed by atoms with Crippen molar-refractivity contribution < 1.29 is 9.90 Å². The Morgan fingerprint density at radius 2 is 2.24 bits per heavy atom. The topological polar surface area (TPSA) is 56.7 Å². The Morgan fingerprint density at radius 1 is 1.33 bits per heavy atom. The number of nitrogens with zero attached hydrogens (tertiary/aromatic N) is 3. The molecule has 5 heteroatoms. The first-order valence-corrected chi connectivity index (χ1v) is 7.85. The molecule has 114 valence electrons. The standard InChI is InChI=1S/C16H23N3O2/c20-12-14-9-15(5-6-17-14)18-7-1-3-13(10-18)11-19-8-2-4-16(19)21/h5-6,9,13,20H,1-4,7-8,10-12H2. The van der Waals surface area contributed by atoms with Crippen molar-refractivity contribution in [2.45, 2.75) is 32.3 Å². The summed E-state index contributed by atoms with van der Waals surface area (Å²) in [5.41, 5.74) is 1.84. The highest BCUT2D eigenvalue weighted by Crippen LogP contribution is 2.25. The Hall–Kier alpha value is -1.62. The Balaban J connectivity index is 1.63. The molecule has 3 rings (SSSR count). The highest BCUT2D eigenvalue weighted by atomic mass is 16.3. The molecule has 3 heterocycles. The monoisotopic (exact) mass is 289 g/mol. The predicted molar refractivity (Wildman–Crippen MR) is 80.9 cm³/mol. The molecule has 1 aromatic heterocycles. The van der Waals surface area contributed by atoms with Gasteiger partial charge in [0.05, 0.1) is 12.3 Å². The van der Waals surface area contributed by atoms with Crippen molar-refractivity contribution in [1.82, 2.24) is 9.88 Å². The van der Waals surface area contributed by atoms with Crippen LogP contribution in [-0.4, -0.2) is 47.1 Å². The minimum absolute atomic E-state index is 0.0204. The van der Waals surface area contributed by atoms with Crippen LogP contribution in [0.5, 0.6) is 0 Å². The normalized spacial score (nSPS) is 22.9. The Morgan fingerprint density at radius 3 is 3.00 bits per heavy atom. The second kappa shape index (κ2) is 6.43. The Bertz CT molecular complexity index is 506. The van der Waals surface area contributed by atoms with E-state index in [9.17, 15) is 9.90 Å². The number of rotatable bonds is 4. The number of amides is 1. The van der Waals surface area contributed by atoms with Gasteiger partial charge in [-0.05, 0) is 37.3 Å². The third kappa shape index (κ3) is 3.35. The van der Waals surface area contributed by atoms with Crippen LogP contribution in [0.1, 0.15) is 31.4 Å². The molecule has 2 fully saturated rings. The molecule has 1 atom stereocenters. The lowest BCUT2D eigenvalue weighted by Gasteiger charge is -2.36. The summed E-state index contributed by atoms with van der Waals surface area (Å²) in [6.07, 6.45) is 5.84. The molecule has 5 nitrogen and oxygen atoms in total. The molecule has 0 aromatic carbocycles. The van der Waals surface area contributed by atoms with E-state index in [0.29, 0.717) is 17.5 Å². The second-order valence-corrected chi connectivity index (χ2v) is 6.06. The molecular weight excluding hydrogens is 266 g/mol. The van der Waals surface area contributed by atoms with Crippen molar-refractivity contribution in [3.05, 3.63) is 24.0 Å². The lowest BCUT2D eigenvalue weighted by molar-refractivity contribution is -0.128. The first-order chi connectivity index (χ1) is 10.3. The molecule has 1 aromatic rings. The molecule has 2 aliphatic heterocycles. The third-order valence-electron chi connectivity index (χ3n) is 4.50. The molecule has 0 spiro atoms. The number of anilines is 1. The van der Waals surface area contributed by atoms with E-state index in [0.717, 1.165) is 51.1 Å². The van der Waals surface area contributed by atoms with Crippen molar-refractivity contribution in [3.63, 3.8) is 0 Å². The quantitative estimate of drug-likeness (QED) is 0.910. The number of pyridine rings is 1. The Kier molecular flexibility index (Phi) is 4.39. The van der Waals surface area contributed by atoms with Gasteiger partial charge in [-0.15, -0.1) is 0 Å². The number of hydrogen-bond donors (Lipinski definition) is 1. The molecule has 1 N–H and O–H groups in total. The largest absolute Gasteiger partial charge is 0.390 e. The van der Waals surface area contributed by atoms with Crippen LogP contribution in [0.25, 0.3) is 0 Å². The van der Waals surface area contributed by atoms with Crippen molar-refractivity contribution in [3.8, 4) is 0 Å². The maximum absolute atomic E-state index is 11.8. The van der Waals surface area contributed by atoms with Gasteiger partial charge in [-0.1, -0.05) is 0 Å². The van der Waals surface area contributed by atoms with Crippen LogP contribution in [-0.2, 0) is 11.4 Å². The molecular formula is C16H23N3O2. The summed E-state index contributed by atoms with van der Waals surface area (Å²) in [7, 11) is 0. The number of carbonyl (C=O) groups excluding carboxylic acids is 1. The van der Waals surface area contributed by atoms with Gasteiger partial charge in [0.1, 0.15) is 0 Å². The number of aliphatic hydroxyl groups is 1. The van der Waals surface area contributed by atoms with E-state index in [1.165, 1.54) is 6.42 Å². The van der Waals surface area contributed by atoms with E-state index >= 15 is 0 Å². The summed E-state index contributed by atoms with van der Waals surface area (Å²) in [5.74, 6) is 0.866. The van der Waals surface area contributed by atoms with E-state index in [1.807, 2.05) is 17.0 Å². The van der Waals surface area contributed by atoms with Gasteiger partial charge in [0.2, 0.25) is 5.91 Å². The van der Waals surface area contributed by atoms with Crippen LogP contribution >= 0.6 is 0 Å². The first-order valence-electron chi connectivity index (χ1n) is 7.85. The average molecular weight is 289 g/mol. The lowest BCUT2D eigenvalue weighted by Crippen LogP contribution is -2.41. The molecule has 0 radical (unpaired) electrons. The summed E-state index contributed by atoms with van der Waals surface area (Å²) in [6, 6.07) is 3.96. The van der Waals surface area contributed by atoms with Crippen LogP contribution in [0.2, 0.25) is 0 Å². The van der Waals surface area contributed by atoms with Crippen molar-refractivity contribution in [2.75, 3.05) is 31.1 Å². The minimum Gasteiger partial charge on any atom is -0.390 e. The number of likely N-dealkylation sites (tertiary alicyclic amines) is 1. The smallest absolute Gasteiger partial charge is 0.222 e. The number of carbonyl (C=O) groups is 1. The molecule has 2 saturated heterocycles. The zero-order valence-electron chi connectivity index (χ0n) is 12.4. The fourth-order valence-corrected chi connectivity index (χ4v) is 3.41. The molecule has 0 bridgehead atoms. The minimum atomic E-state index is -0.0204. The summed E-state index contributed by atoms with van der Waals surface area (Å²) in [6.45, 7) is 3.83. The summed E-state index contributed by atoms with van der Waals surface area (Å²) < 4.78 is 0. The van der Waals surface area contributed by atoms with E-state index in [-0.39, 0.29) is 6.61 Å². The molecule has 1 amide bonds. The fraction of sp³-hybridized carbons (Fsp3) is 0.625. The van der Waals surface area contributed by atoms with Gasteiger partial charge < -0.3 is 14.9 Å². The van der Waals surface area contributed by atoms with Gasteiger partial charge in [-0.3, -0.25) is 9.78 Å². The van der Waals surface area contributed by atoms with E-state index in [1.54, 1.807) is 6.20 Å². The van der Waals surface area contributed by atoms with Gasteiger partial charge in [0.15, 0.2) is 0 Å². The highest BCUT2D eigenvalue weighted by Gasteiger charge is 2.26. The number of aliphatic hydroxyl groups excluding tert-OH is 1. The van der Waals surface area contributed by atoms with Crippen molar-refractivity contribution in [2.24, 2.45) is 5.92 Å². The zero-order chi connectivity index (χ0) is 14.7. The second-order valence-electron chi connectivity index (χ2n) is 6.06. The van der Waals surface area contributed by atoms with Crippen molar-refractivity contribution in [1.29, 1.82) is 0 Å². The maximum atomic E-state index is 11.8. The fourth-order valence-electron chi connectivity index (χ4n) is 3.41. The molecule has 1 unspecified atom stereocenters. The van der Waals surface area contributed by atoms with Gasteiger partial charge in [0, 0.05) is 44.5 Å². The van der Waals surface area contributed by atoms with Gasteiger partial charge in [-0.25, -0.2) is 0 Å². The predicted octanol–water partition coefficient (Wildman–Crippen LogP) is 1.41. The van der Waals surface area contributed by atoms with E-state index < -0.39 is 0 Å². The third-order valence-corrected chi connectivity index (χ3v) is 4.50. The van der Waals surface area contributed by atoms with Crippen LogP contribution in [0, 0.1) is 5.92 Å².